The number of hydrogen-bond donors (Lipinski definition) is 1. The maximum absolute atomic E-state index is 14.2. The van der Waals surface area contributed by atoms with Crippen molar-refractivity contribution in [2.75, 3.05) is 0 Å². The molecule has 1 rings (SSSR count). The lowest BCUT2D eigenvalue weighted by atomic mass is 10.0. The van der Waals surface area contributed by atoms with E-state index in [1.165, 1.54) is 0 Å². The van der Waals surface area contributed by atoms with Crippen LogP contribution in [0.25, 0.3) is 0 Å². The second-order valence-corrected chi connectivity index (χ2v) is 7.14. The van der Waals surface area contributed by atoms with Crippen molar-refractivity contribution in [3.05, 3.63) is 35.1 Å². The van der Waals surface area contributed by atoms with Gasteiger partial charge in [-0.15, -0.1) is 4.72 Å². The van der Waals surface area contributed by atoms with Crippen LogP contribution >= 0.6 is 0 Å². The van der Waals surface area contributed by atoms with E-state index < -0.39 is 52.1 Å². The molecule has 0 saturated carbocycles. The van der Waals surface area contributed by atoms with Gasteiger partial charge in [-0.2, -0.15) is 13.2 Å². The van der Waals surface area contributed by atoms with Gasteiger partial charge in [0.05, 0.1) is 11.6 Å². The zero-order chi connectivity index (χ0) is 18.2. The van der Waals surface area contributed by atoms with Crippen LogP contribution in [0, 0.1) is 5.82 Å². The highest BCUT2D eigenvalue weighted by atomic mass is 32.2. The molecule has 0 aliphatic heterocycles. The predicted molar refractivity (Wildman–Crippen MR) is 70.8 cm³/mol. The summed E-state index contributed by atoms with van der Waals surface area (Å²) in [5.41, 5.74) is -2.26. The highest BCUT2D eigenvalue weighted by Gasteiger charge is 2.36. The van der Waals surface area contributed by atoms with Crippen molar-refractivity contribution in [3.8, 4) is 0 Å². The van der Waals surface area contributed by atoms with Gasteiger partial charge >= 0.3 is 6.18 Å². The average Bonchev–Trinajstić information content (AvgIpc) is 2.32. The minimum atomic E-state index is -4.96. The van der Waals surface area contributed by atoms with Gasteiger partial charge in [0.25, 0.3) is 0 Å². The Labute approximate surface area is 123 Å². The molecule has 114 valence electrons. The van der Waals surface area contributed by atoms with Gasteiger partial charge in [0.15, 0.2) is 0 Å². The van der Waals surface area contributed by atoms with Gasteiger partial charge in [-0.3, -0.25) is 0 Å². The minimum Gasteiger partial charge on any atom is -0.598 e. The van der Waals surface area contributed by atoms with Gasteiger partial charge in [-0.25, -0.2) is 4.39 Å². The van der Waals surface area contributed by atoms with Gasteiger partial charge in [0, 0.05) is 21.0 Å². The van der Waals surface area contributed by atoms with Crippen LogP contribution in [0.3, 0.4) is 0 Å². The van der Waals surface area contributed by atoms with Crippen LogP contribution in [0.2, 0.25) is 0 Å². The van der Waals surface area contributed by atoms with Crippen molar-refractivity contribution >= 4 is 11.4 Å². The second-order valence-electron chi connectivity index (χ2n) is 5.14. The Morgan fingerprint density at radius 2 is 1.90 bits per heavy atom. The van der Waals surface area contributed by atoms with Gasteiger partial charge in [0.2, 0.25) is 0 Å². The van der Waals surface area contributed by atoms with E-state index in [1.807, 2.05) is 0 Å². The van der Waals surface area contributed by atoms with Crippen molar-refractivity contribution in [1.82, 2.24) is 4.72 Å². The Hall–Kier alpha value is -0.790. The van der Waals surface area contributed by atoms with Crippen LogP contribution < -0.4 is 4.72 Å². The van der Waals surface area contributed by atoms with Crippen LogP contribution in [0.1, 0.15) is 48.9 Å². The van der Waals surface area contributed by atoms with Crippen molar-refractivity contribution in [3.63, 3.8) is 0 Å². The van der Waals surface area contributed by atoms with Gasteiger partial charge in [0.1, 0.15) is 10.6 Å². The summed E-state index contributed by atoms with van der Waals surface area (Å²) in [6, 6.07) is 0.552. The van der Waals surface area contributed by atoms with E-state index in [1.54, 1.807) is 20.8 Å². The molecule has 1 N–H and O–H groups in total. The third kappa shape index (κ3) is 4.10. The van der Waals surface area contributed by atoms with E-state index in [0.717, 1.165) is 12.1 Å². The first-order valence-corrected chi connectivity index (χ1v) is 6.84. The smallest absolute Gasteiger partial charge is 0.419 e. The fourth-order valence-electron chi connectivity index (χ4n) is 1.34. The molecular formula is C13H17F4NOS. The number of rotatable bonds is 3. The molecule has 2 nitrogen and oxygen atoms in total. The molecular weight excluding hydrogens is 294 g/mol. The normalized spacial score (nSPS) is 18.9. The first kappa shape index (κ1) is 12.9. The molecule has 7 heteroatoms. The van der Waals surface area contributed by atoms with E-state index in [0.29, 0.717) is 6.07 Å². The molecule has 1 aromatic carbocycles. The molecule has 0 spiro atoms. The lowest BCUT2D eigenvalue weighted by Gasteiger charge is -2.27. The van der Waals surface area contributed by atoms with E-state index >= 15 is 0 Å². The lowest BCUT2D eigenvalue weighted by Crippen LogP contribution is -2.40. The Morgan fingerprint density at radius 3 is 2.35 bits per heavy atom. The molecule has 0 aliphatic rings. The molecule has 0 aliphatic carbocycles. The molecule has 0 heterocycles. The molecule has 0 saturated heterocycles. The molecule has 0 bridgehead atoms. The summed E-state index contributed by atoms with van der Waals surface area (Å²) in [6.07, 6.45) is -4.96. The maximum atomic E-state index is 14.2. The summed E-state index contributed by atoms with van der Waals surface area (Å²) in [4.78, 5) is 0. The van der Waals surface area contributed by atoms with Crippen LogP contribution in [0.4, 0.5) is 17.6 Å². The molecule has 0 fully saturated rings. The molecule has 0 amide bonds. The third-order valence-electron chi connectivity index (χ3n) is 2.43. The van der Waals surface area contributed by atoms with E-state index in [9.17, 15) is 22.1 Å². The molecule has 0 radical (unpaired) electrons. The van der Waals surface area contributed by atoms with E-state index in [-0.39, 0.29) is 0 Å². The van der Waals surface area contributed by atoms with Crippen LogP contribution in [-0.4, -0.2) is 9.30 Å². The van der Waals surface area contributed by atoms with Gasteiger partial charge in [-0.05, 0) is 33.7 Å². The van der Waals surface area contributed by atoms with E-state index in [4.69, 9.17) is 4.11 Å². The van der Waals surface area contributed by atoms with Crippen molar-refractivity contribution in [1.29, 1.82) is 0 Å². The monoisotopic (exact) mass is 314 g/mol. The summed E-state index contributed by atoms with van der Waals surface area (Å²) < 4.78 is 88.3. The first-order valence-electron chi connectivity index (χ1n) is 7.19. The van der Waals surface area contributed by atoms with Crippen molar-refractivity contribution in [2.45, 2.75) is 44.6 Å². The third-order valence-corrected chi connectivity index (χ3v) is 3.99. The number of nitrogens with one attached hydrogen (secondary N) is 1. The zero-order valence-electron chi connectivity index (χ0n) is 14.1. The topological polar surface area (TPSA) is 35.1 Å². The number of alkyl halides is 3. The Kier molecular flexibility index (Phi) is 3.82. The van der Waals surface area contributed by atoms with Crippen LogP contribution in [0.5, 0.6) is 0 Å². The highest BCUT2D eigenvalue weighted by molar-refractivity contribution is 7.90. The minimum absolute atomic E-state index is 0.524. The molecule has 1 aromatic rings. The average molecular weight is 314 g/mol. The number of hydrogen-bond acceptors (Lipinski definition) is 2. The molecule has 2 atom stereocenters. The fourth-order valence-corrected chi connectivity index (χ4v) is 2.03. The molecule has 20 heavy (non-hydrogen) atoms. The largest absolute Gasteiger partial charge is 0.598 e. The Bertz CT molecular complexity index is 558. The predicted octanol–water partition coefficient (Wildman–Crippen LogP) is 3.96. The number of benzene rings is 1. The quantitative estimate of drug-likeness (QED) is 0.677. The fraction of sp³-hybridized carbons (Fsp3) is 0.538. The zero-order valence-corrected chi connectivity index (χ0v) is 12.0. The maximum Gasteiger partial charge on any atom is 0.419 e. The van der Waals surface area contributed by atoms with Crippen molar-refractivity contribution < 1.29 is 26.2 Å². The summed E-state index contributed by atoms with van der Waals surface area (Å²) in [6.45, 7) is 1.77. The van der Waals surface area contributed by atoms with Gasteiger partial charge < -0.3 is 4.55 Å². The second kappa shape index (κ2) is 5.91. The highest BCUT2D eigenvalue weighted by Crippen LogP contribution is 2.34. The molecule has 0 aromatic heterocycles. The Morgan fingerprint density at radius 1 is 1.30 bits per heavy atom. The summed E-state index contributed by atoms with van der Waals surface area (Å²) in [5.74, 6) is -1.68. The standard InChI is InChI=1S/C13H17F4NOS/c1-8(18-20(19)12(2,3)4)9-6-5-7-10(11(9)14)13(15,16)17/h5-8,18H,1-4H3/t8-,20+/m1/s1/i1D3. The van der Waals surface area contributed by atoms with E-state index in [2.05, 4.69) is 4.72 Å². The SMILES string of the molecule is [2H]C([2H])([2H])[C@@H](N[S@@+]([O-])C(C)(C)C)c1cccc(C(F)(F)F)c1F. The molecule has 0 unspecified atom stereocenters. The van der Waals surface area contributed by atoms with Crippen molar-refractivity contribution in [2.24, 2.45) is 0 Å². The number of halogens is 4. The Balaban J connectivity index is 3.36. The summed E-state index contributed by atoms with van der Waals surface area (Å²) in [5, 5.41) is 0. The summed E-state index contributed by atoms with van der Waals surface area (Å²) in [7, 11) is 0. The van der Waals surface area contributed by atoms with Gasteiger partial charge in [-0.1, -0.05) is 12.1 Å². The van der Waals surface area contributed by atoms with Crippen LogP contribution in [-0.2, 0) is 17.5 Å². The van der Waals surface area contributed by atoms with Crippen LogP contribution in [0.15, 0.2) is 18.2 Å². The lowest BCUT2D eigenvalue weighted by molar-refractivity contribution is -0.140. The summed E-state index contributed by atoms with van der Waals surface area (Å²) >= 11 is -1.91. The first-order chi connectivity index (χ1) is 10.2.